The Bertz CT molecular complexity index is 1070. The van der Waals surface area contributed by atoms with Crippen LogP contribution in [0, 0.1) is 16.0 Å². The molecule has 1 aliphatic carbocycles. The van der Waals surface area contributed by atoms with Crippen LogP contribution in [0.2, 0.25) is 0 Å². The number of anilines is 2. The molecule has 7 heteroatoms. The Hall–Kier alpha value is -3.87. The fourth-order valence-electron chi connectivity index (χ4n) is 4.63. The molecule has 0 spiro atoms. The van der Waals surface area contributed by atoms with Crippen molar-refractivity contribution in [1.29, 1.82) is 0 Å². The van der Waals surface area contributed by atoms with Crippen molar-refractivity contribution in [3.8, 4) is 0 Å². The van der Waals surface area contributed by atoms with Crippen molar-refractivity contribution >= 4 is 23.0 Å². The zero-order valence-electron chi connectivity index (χ0n) is 19.0. The number of carboxylic acids is 1. The summed E-state index contributed by atoms with van der Waals surface area (Å²) in [5.41, 5.74) is 3.22. The molecule has 1 fully saturated rings. The number of hydrogen-bond acceptors (Lipinski definition) is 5. The predicted octanol–water partition coefficient (Wildman–Crippen LogP) is 5.86. The first-order valence-electron chi connectivity index (χ1n) is 11.6. The van der Waals surface area contributed by atoms with Gasteiger partial charge in [0.15, 0.2) is 0 Å². The lowest BCUT2D eigenvalue weighted by atomic mass is 9.86. The monoisotopic (exact) mass is 459 g/mol. The fourth-order valence-corrected chi connectivity index (χ4v) is 4.63. The van der Waals surface area contributed by atoms with E-state index in [4.69, 9.17) is 0 Å². The van der Waals surface area contributed by atoms with Gasteiger partial charge < -0.3 is 15.3 Å². The molecule has 0 aromatic heterocycles. The molecule has 0 aliphatic heterocycles. The first kappa shape index (κ1) is 23.3. The van der Waals surface area contributed by atoms with E-state index in [1.165, 1.54) is 0 Å². The van der Waals surface area contributed by atoms with Gasteiger partial charge in [0.05, 0.1) is 10.8 Å². The van der Waals surface area contributed by atoms with Crippen LogP contribution in [-0.4, -0.2) is 22.0 Å². The zero-order chi connectivity index (χ0) is 23.9. The highest BCUT2D eigenvalue weighted by atomic mass is 16.6. The summed E-state index contributed by atoms with van der Waals surface area (Å²) in [5, 5.41) is 24.9. The molecule has 4 rings (SSSR count). The van der Waals surface area contributed by atoms with Gasteiger partial charge in [-0.05, 0) is 48.9 Å². The van der Waals surface area contributed by atoms with Crippen molar-refractivity contribution in [2.75, 3.05) is 10.2 Å². The average Bonchev–Trinajstić information content (AvgIpc) is 2.85. The number of carbonyl (C=O) groups is 1. The molecule has 176 valence electrons. The van der Waals surface area contributed by atoms with Gasteiger partial charge in [-0.25, -0.2) is 0 Å². The minimum atomic E-state index is -0.760. The van der Waals surface area contributed by atoms with Gasteiger partial charge >= 0.3 is 11.7 Å². The van der Waals surface area contributed by atoms with Gasteiger partial charge in [0, 0.05) is 19.1 Å². The number of rotatable bonds is 9. The maximum absolute atomic E-state index is 12.3. The quantitative estimate of drug-likeness (QED) is 0.307. The molecule has 0 heterocycles. The van der Waals surface area contributed by atoms with Crippen LogP contribution >= 0.6 is 0 Å². The van der Waals surface area contributed by atoms with Crippen LogP contribution in [0.15, 0.2) is 78.9 Å². The van der Waals surface area contributed by atoms with Gasteiger partial charge in [-0.2, -0.15) is 0 Å². The lowest BCUT2D eigenvalue weighted by Gasteiger charge is -2.29. The smallest absolute Gasteiger partial charge is 0.315 e. The van der Waals surface area contributed by atoms with E-state index in [0.717, 1.165) is 11.1 Å². The van der Waals surface area contributed by atoms with Crippen molar-refractivity contribution < 1.29 is 14.8 Å². The number of nitrogens with one attached hydrogen (secondary N) is 1. The molecule has 3 aromatic carbocycles. The number of carboxylic acid groups (broad SMARTS) is 1. The molecule has 0 amide bonds. The topological polar surface area (TPSA) is 95.7 Å². The second-order valence-corrected chi connectivity index (χ2v) is 8.79. The Balaban J connectivity index is 1.64. The first-order valence-corrected chi connectivity index (χ1v) is 11.6. The van der Waals surface area contributed by atoms with E-state index in [2.05, 4.69) is 5.32 Å². The average molecular weight is 460 g/mol. The molecule has 0 bridgehead atoms. The summed E-state index contributed by atoms with van der Waals surface area (Å²) in [7, 11) is 0. The number of nitro groups is 1. The third-order valence-corrected chi connectivity index (χ3v) is 6.41. The summed E-state index contributed by atoms with van der Waals surface area (Å²) in [6.45, 7) is 1.06. The van der Waals surface area contributed by atoms with Crippen molar-refractivity contribution in [1.82, 2.24) is 0 Å². The molecule has 7 nitrogen and oxygen atoms in total. The SMILES string of the molecule is O=C(O)C1CCC(Nc2cccc(N(Cc3ccccc3)Cc3ccccc3)c2[N+](=O)[O-])CC1. The van der Waals surface area contributed by atoms with Gasteiger partial charge in [-0.15, -0.1) is 0 Å². The van der Waals surface area contributed by atoms with Crippen LogP contribution in [0.4, 0.5) is 17.1 Å². The highest BCUT2D eigenvalue weighted by Crippen LogP contribution is 2.38. The molecule has 3 aromatic rings. The third kappa shape index (κ3) is 5.73. The van der Waals surface area contributed by atoms with Crippen molar-refractivity contribution in [3.05, 3.63) is 100 Å². The second kappa shape index (κ2) is 10.8. The van der Waals surface area contributed by atoms with Crippen LogP contribution in [0.3, 0.4) is 0 Å². The number of aliphatic carboxylic acids is 1. The maximum atomic E-state index is 12.3. The molecule has 34 heavy (non-hydrogen) atoms. The Morgan fingerprint density at radius 3 is 1.94 bits per heavy atom. The number of benzene rings is 3. The molecular formula is C27H29N3O4. The Morgan fingerprint density at radius 1 is 0.882 bits per heavy atom. The lowest BCUT2D eigenvalue weighted by molar-refractivity contribution is -0.383. The normalized spacial score (nSPS) is 17.6. The minimum absolute atomic E-state index is 0.0150. The second-order valence-electron chi connectivity index (χ2n) is 8.79. The van der Waals surface area contributed by atoms with E-state index in [1.54, 1.807) is 12.1 Å². The van der Waals surface area contributed by atoms with E-state index in [9.17, 15) is 20.0 Å². The molecule has 0 unspecified atom stereocenters. The molecule has 1 aliphatic rings. The van der Waals surface area contributed by atoms with Gasteiger partial charge in [-0.1, -0.05) is 66.7 Å². The van der Waals surface area contributed by atoms with Crippen molar-refractivity contribution in [2.45, 2.75) is 44.8 Å². The van der Waals surface area contributed by atoms with Crippen LogP contribution in [0.1, 0.15) is 36.8 Å². The van der Waals surface area contributed by atoms with Gasteiger partial charge in [0.2, 0.25) is 0 Å². The lowest BCUT2D eigenvalue weighted by Crippen LogP contribution is -2.30. The summed E-state index contributed by atoms with van der Waals surface area (Å²) in [6, 6.07) is 25.3. The summed E-state index contributed by atoms with van der Waals surface area (Å²) in [6.07, 6.45) is 2.51. The Kier molecular flexibility index (Phi) is 7.42. The largest absolute Gasteiger partial charge is 0.481 e. The molecule has 0 radical (unpaired) electrons. The van der Waals surface area contributed by atoms with E-state index in [-0.39, 0.29) is 22.6 Å². The van der Waals surface area contributed by atoms with Gasteiger partial charge in [-0.3, -0.25) is 14.9 Å². The van der Waals surface area contributed by atoms with E-state index in [0.29, 0.717) is 50.1 Å². The molecule has 2 N–H and O–H groups in total. The third-order valence-electron chi connectivity index (χ3n) is 6.41. The molecular weight excluding hydrogens is 430 g/mol. The predicted molar refractivity (Wildman–Crippen MR) is 133 cm³/mol. The molecule has 0 saturated heterocycles. The van der Waals surface area contributed by atoms with Crippen molar-refractivity contribution in [2.24, 2.45) is 5.92 Å². The standard InChI is InChI=1S/C27H29N3O4/c31-27(32)22-14-16-23(17-15-22)28-24-12-7-13-25(26(24)30(33)34)29(18-20-8-3-1-4-9-20)19-21-10-5-2-6-11-21/h1-13,22-23,28H,14-19H2,(H,31,32). The van der Waals surface area contributed by atoms with Gasteiger partial charge in [0.1, 0.15) is 11.4 Å². The molecule has 0 atom stereocenters. The summed E-state index contributed by atoms with van der Waals surface area (Å²) < 4.78 is 0. The highest BCUT2D eigenvalue weighted by molar-refractivity contribution is 5.77. The highest BCUT2D eigenvalue weighted by Gasteiger charge is 2.29. The number of para-hydroxylation sites is 1. The van der Waals surface area contributed by atoms with Crippen molar-refractivity contribution in [3.63, 3.8) is 0 Å². The Labute approximate surface area is 199 Å². The molecule has 1 saturated carbocycles. The van der Waals surface area contributed by atoms with Crippen LogP contribution in [-0.2, 0) is 17.9 Å². The van der Waals surface area contributed by atoms with Crippen LogP contribution in [0.25, 0.3) is 0 Å². The minimum Gasteiger partial charge on any atom is -0.481 e. The first-order chi connectivity index (χ1) is 16.5. The summed E-state index contributed by atoms with van der Waals surface area (Å²) in [4.78, 5) is 25.3. The fraction of sp³-hybridized carbons (Fsp3) is 0.296. The summed E-state index contributed by atoms with van der Waals surface area (Å²) >= 11 is 0. The zero-order valence-corrected chi connectivity index (χ0v) is 19.0. The summed E-state index contributed by atoms with van der Waals surface area (Å²) in [5.74, 6) is -1.09. The maximum Gasteiger partial charge on any atom is 0.315 e. The van der Waals surface area contributed by atoms with Crippen LogP contribution in [0.5, 0.6) is 0 Å². The van der Waals surface area contributed by atoms with E-state index >= 15 is 0 Å². The van der Waals surface area contributed by atoms with E-state index < -0.39 is 5.97 Å². The van der Waals surface area contributed by atoms with Gasteiger partial charge in [0.25, 0.3) is 0 Å². The number of nitrogens with zero attached hydrogens (tertiary/aromatic N) is 2. The Morgan fingerprint density at radius 2 is 1.44 bits per heavy atom. The van der Waals surface area contributed by atoms with E-state index in [1.807, 2.05) is 71.6 Å². The number of nitro benzene ring substituents is 1. The van der Waals surface area contributed by atoms with Crippen LogP contribution < -0.4 is 10.2 Å². The number of hydrogen-bond donors (Lipinski definition) is 2.